The minimum atomic E-state index is 0.0322. The van der Waals surface area contributed by atoms with Gasteiger partial charge in [-0.2, -0.15) is 0 Å². The Kier molecular flexibility index (Phi) is 3.24. The van der Waals surface area contributed by atoms with Gasteiger partial charge in [0.15, 0.2) is 0 Å². The first-order valence-corrected chi connectivity index (χ1v) is 6.50. The molecular weight excluding hydrogens is 200 g/mol. The Hall–Kier alpha value is -0.570. The van der Waals surface area contributed by atoms with Crippen molar-refractivity contribution in [1.29, 1.82) is 0 Å². The van der Waals surface area contributed by atoms with Crippen LogP contribution in [0.25, 0.3) is 0 Å². The van der Waals surface area contributed by atoms with E-state index in [1.165, 1.54) is 25.7 Å². The highest BCUT2D eigenvalue weighted by molar-refractivity contribution is 5.79. The summed E-state index contributed by atoms with van der Waals surface area (Å²) in [7, 11) is 0. The number of amides is 1. The Morgan fingerprint density at radius 3 is 2.31 bits per heavy atom. The van der Waals surface area contributed by atoms with Crippen molar-refractivity contribution >= 4 is 5.91 Å². The van der Waals surface area contributed by atoms with Gasteiger partial charge in [-0.05, 0) is 52.4 Å². The van der Waals surface area contributed by atoms with Gasteiger partial charge in [-0.25, -0.2) is 0 Å². The lowest BCUT2D eigenvalue weighted by molar-refractivity contribution is -0.131. The molecule has 3 nitrogen and oxygen atoms in total. The van der Waals surface area contributed by atoms with Crippen LogP contribution in [0.4, 0.5) is 0 Å². The summed E-state index contributed by atoms with van der Waals surface area (Å²) >= 11 is 0. The molecule has 0 aromatic rings. The summed E-state index contributed by atoms with van der Waals surface area (Å²) in [5, 5.41) is 3.29. The predicted octanol–water partition coefficient (Wildman–Crippen LogP) is 1.78. The number of nitrogens with zero attached hydrogens (tertiary/aromatic N) is 1. The standard InChI is InChI=1S/C13H24N2O/c1-13(2,3)14-8-12(16)15(11-6-7-11)9-10-4-5-10/h10-11,14H,4-9H2,1-3H3. The first-order valence-electron chi connectivity index (χ1n) is 6.50. The maximum absolute atomic E-state index is 12.1. The van der Waals surface area contributed by atoms with Crippen molar-refractivity contribution in [2.75, 3.05) is 13.1 Å². The molecule has 0 heterocycles. The second-order valence-corrected chi connectivity index (χ2v) is 6.32. The number of carbonyl (C=O) groups is 1. The van der Waals surface area contributed by atoms with E-state index >= 15 is 0 Å². The molecule has 0 atom stereocenters. The minimum absolute atomic E-state index is 0.0322. The summed E-state index contributed by atoms with van der Waals surface area (Å²) < 4.78 is 0. The van der Waals surface area contributed by atoms with E-state index in [1.54, 1.807) is 0 Å². The van der Waals surface area contributed by atoms with Crippen LogP contribution in [-0.2, 0) is 4.79 Å². The highest BCUT2D eigenvalue weighted by Gasteiger charge is 2.36. The molecule has 0 aliphatic heterocycles. The fourth-order valence-electron chi connectivity index (χ4n) is 1.86. The molecule has 1 amide bonds. The van der Waals surface area contributed by atoms with E-state index in [-0.39, 0.29) is 5.54 Å². The Bertz CT molecular complexity index is 262. The van der Waals surface area contributed by atoms with Crippen LogP contribution < -0.4 is 5.32 Å². The fraction of sp³-hybridized carbons (Fsp3) is 0.923. The van der Waals surface area contributed by atoms with E-state index in [0.717, 1.165) is 12.5 Å². The van der Waals surface area contributed by atoms with Gasteiger partial charge in [-0.1, -0.05) is 0 Å². The summed E-state index contributed by atoms with van der Waals surface area (Å²) in [6.07, 6.45) is 5.08. The molecule has 0 unspecified atom stereocenters. The summed E-state index contributed by atoms with van der Waals surface area (Å²) in [6, 6.07) is 0.565. The van der Waals surface area contributed by atoms with Crippen molar-refractivity contribution in [3.63, 3.8) is 0 Å². The third kappa shape index (κ3) is 3.78. The first-order chi connectivity index (χ1) is 7.46. The van der Waals surface area contributed by atoms with Crippen LogP contribution in [0.3, 0.4) is 0 Å². The molecule has 92 valence electrons. The molecule has 0 saturated heterocycles. The molecule has 2 rings (SSSR count). The van der Waals surface area contributed by atoms with E-state index in [9.17, 15) is 4.79 Å². The first kappa shape index (κ1) is 11.9. The van der Waals surface area contributed by atoms with Gasteiger partial charge in [-0.3, -0.25) is 4.79 Å². The lowest BCUT2D eigenvalue weighted by Gasteiger charge is -2.26. The Morgan fingerprint density at radius 1 is 1.25 bits per heavy atom. The summed E-state index contributed by atoms with van der Waals surface area (Å²) in [4.78, 5) is 14.2. The van der Waals surface area contributed by atoms with Crippen LogP contribution in [0.2, 0.25) is 0 Å². The van der Waals surface area contributed by atoms with Crippen LogP contribution in [-0.4, -0.2) is 35.5 Å². The highest BCUT2D eigenvalue weighted by atomic mass is 16.2. The van der Waals surface area contributed by atoms with Crippen LogP contribution in [0, 0.1) is 5.92 Å². The monoisotopic (exact) mass is 224 g/mol. The van der Waals surface area contributed by atoms with Crippen molar-refractivity contribution in [3.05, 3.63) is 0 Å². The minimum Gasteiger partial charge on any atom is -0.338 e. The van der Waals surface area contributed by atoms with Crippen LogP contribution in [0.1, 0.15) is 46.5 Å². The largest absolute Gasteiger partial charge is 0.338 e. The molecule has 3 heteroatoms. The molecule has 2 fully saturated rings. The Morgan fingerprint density at radius 2 is 1.88 bits per heavy atom. The van der Waals surface area contributed by atoms with Gasteiger partial charge in [0.25, 0.3) is 0 Å². The van der Waals surface area contributed by atoms with Crippen LogP contribution >= 0.6 is 0 Å². The van der Waals surface area contributed by atoms with Gasteiger partial charge in [0.1, 0.15) is 0 Å². The van der Waals surface area contributed by atoms with Crippen molar-refractivity contribution in [3.8, 4) is 0 Å². The topological polar surface area (TPSA) is 32.3 Å². The molecular formula is C13H24N2O. The summed E-state index contributed by atoms with van der Waals surface area (Å²) in [5.74, 6) is 1.10. The number of rotatable bonds is 5. The lowest BCUT2D eigenvalue weighted by Crippen LogP contribution is -2.46. The normalized spacial score (nSPS) is 20.9. The van der Waals surface area contributed by atoms with Crippen molar-refractivity contribution in [2.45, 2.75) is 58.0 Å². The fourth-order valence-corrected chi connectivity index (χ4v) is 1.86. The molecule has 2 aliphatic carbocycles. The second-order valence-electron chi connectivity index (χ2n) is 6.32. The van der Waals surface area contributed by atoms with Crippen molar-refractivity contribution < 1.29 is 4.79 Å². The average Bonchev–Trinajstić information content (AvgIpc) is 2.97. The average molecular weight is 224 g/mol. The van der Waals surface area contributed by atoms with Gasteiger partial charge >= 0.3 is 0 Å². The van der Waals surface area contributed by atoms with Gasteiger partial charge in [0, 0.05) is 18.1 Å². The Labute approximate surface area is 98.6 Å². The van der Waals surface area contributed by atoms with Crippen LogP contribution in [0.5, 0.6) is 0 Å². The molecule has 0 aromatic heterocycles. The Balaban J connectivity index is 1.79. The molecule has 2 saturated carbocycles. The molecule has 0 aromatic carbocycles. The van der Waals surface area contributed by atoms with E-state index < -0.39 is 0 Å². The third-order valence-electron chi connectivity index (χ3n) is 3.23. The third-order valence-corrected chi connectivity index (χ3v) is 3.23. The van der Waals surface area contributed by atoms with E-state index in [2.05, 4.69) is 31.0 Å². The number of nitrogens with one attached hydrogen (secondary N) is 1. The molecule has 16 heavy (non-hydrogen) atoms. The maximum atomic E-state index is 12.1. The van der Waals surface area contributed by atoms with Gasteiger partial charge in [0.2, 0.25) is 5.91 Å². The van der Waals surface area contributed by atoms with Gasteiger partial charge < -0.3 is 10.2 Å². The summed E-state index contributed by atoms with van der Waals surface area (Å²) in [5.41, 5.74) is 0.0322. The van der Waals surface area contributed by atoms with Gasteiger partial charge in [-0.15, -0.1) is 0 Å². The number of carbonyl (C=O) groups excluding carboxylic acids is 1. The summed E-state index contributed by atoms with van der Waals surface area (Å²) in [6.45, 7) is 7.80. The maximum Gasteiger partial charge on any atom is 0.236 e. The zero-order chi connectivity index (χ0) is 11.8. The zero-order valence-corrected chi connectivity index (χ0v) is 10.8. The van der Waals surface area contributed by atoms with Crippen LogP contribution in [0.15, 0.2) is 0 Å². The molecule has 1 N–H and O–H groups in total. The quantitative estimate of drug-likeness (QED) is 0.772. The van der Waals surface area contributed by atoms with E-state index in [0.29, 0.717) is 18.5 Å². The SMILES string of the molecule is CC(C)(C)NCC(=O)N(CC1CC1)C1CC1. The number of hydrogen-bond donors (Lipinski definition) is 1. The lowest BCUT2D eigenvalue weighted by atomic mass is 10.1. The molecule has 0 bridgehead atoms. The highest BCUT2D eigenvalue weighted by Crippen LogP contribution is 2.34. The smallest absolute Gasteiger partial charge is 0.236 e. The molecule has 0 radical (unpaired) electrons. The van der Waals surface area contributed by atoms with Gasteiger partial charge in [0.05, 0.1) is 6.54 Å². The second kappa shape index (κ2) is 4.36. The molecule has 0 spiro atoms. The molecule has 2 aliphatic rings. The predicted molar refractivity (Wildman–Crippen MR) is 65.2 cm³/mol. The zero-order valence-electron chi connectivity index (χ0n) is 10.8. The van der Waals surface area contributed by atoms with E-state index in [1.807, 2.05) is 0 Å². The van der Waals surface area contributed by atoms with Crippen molar-refractivity contribution in [2.24, 2.45) is 5.92 Å². The van der Waals surface area contributed by atoms with Crippen molar-refractivity contribution in [1.82, 2.24) is 10.2 Å². The number of hydrogen-bond acceptors (Lipinski definition) is 2. The van der Waals surface area contributed by atoms with E-state index in [4.69, 9.17) is 0 Å².